The fraction of sp³-hybridized carbons (Fsp3) is 0. The minimum absolute atomic E-state index is 0.487. The zero-order valence-corrected chi connectivity index (χ0v) is 36.2. The molecule has 3 aromatic heterocycles. The standard InChI is InChI=1S/C60H34N8/c1-62-44-26-30-55-49(35-44)46-20-9-11-22-52(46)67(55)54-28-24-42(41-19-13-14-38(32-41)37-61)33-48(54)43-25-29-57(68-53-23-12-10-21-47(53)50-36-45(63-2)27-31-56(50)68)51(34-43)60-65-58(39-15-5-3-6-16-39)64-59(66-60)40-17-7-4-8-18-40/h3-36H. The molecule has 0 radical (unpaired) electrons. The fourth-order valence-electron chi connectivity index (χ4n) is 9.50. The highest BCUT2D eigenvalue weighted by atomic mass is 15.1. The predicted molar refractivity (Wildman–Crippen MR) is 273 cm³/mol. The second-order valence-electron chi connectivity index (χ2n) is 16.5. The number of aromatic nitrogens is 5. The van der Waals surface area contributed by atoms with Gasteiger partial charge in [-0.15, -0.1) is 0 Å². The van der Waals surface area contributed by atoms with Gasteiger partial charge in [-0.1, -0.05) is 133 Å². The molecule has 0 saturated heterocycles. The monoisotopic (exact) mass is 866 g/mol. The lowest BCUT2D eigenvalue weighted by Gasteiger charge is -2.19. The number of fused-ring (bicyclic) bond motifs is 6. The lowest BCUT2D eigenvalue weighted by atomic mass is 9.94. The summed E-state index contributed by atoms with van der Waals surface area (Å²) in [4.78, 5) is 23.3. The summed E-state index contributed by atoms with van der Waals surface area (Å²) in [6, 6.07) is 71.2. The summed E-state index contributed by atoms with van der Waals surface area (Å²) < 4.78 is 4.53. The van der Waals surface area contributed by atoms with Crippen LogP contribution in [0.25, 0.3) is 121 Å². The number of nitrogens with zero attached hydrogens (tertiary/aromatic N) is 8. The summed E-state index contributed by atoms with van der Waals surface area (Å²) in [5.41, 5.74) is 13.6. The minimum Gasteiger partial charge on any atom is -0.309 e. The van der Waals surface area contributed by atoms with Crippen molar-refractivity contribution in [3.05, 3.63) is 235 Å². The van der Waals surface area contributed by atoms with Crippen LogP contribution < -0.4 is 0 Å². The van der Waals surface area contributed by atoms with Gasteiger partial charge >= 0.3 is 0 Å². The van der Waals surface area contributed by atoms with Gasteiger partial charge in [-0.2, -0.15) is 5.26 Å². The van der Waals surface area contributed by atoms with E-state index in [9.17, 15) is 5.26 Å². The molecule has 0 spiro atoms. The highest BCUT2D eigenvalue weighted by molar-refractivity contribution is 6.12. The molecular weight excluding hydrogens is 833 g/mol. The van der Waals surface area contributed by atoms with E-state index < -0.39 is 0 Å². The maximum Gasteiger partial charge on any atom is 0.188 e. The second-order valence-corrected chi connectivity index (χ2v) is 16.5. The number of hydrogen-bond donors (Lipinski definition) is 0. The van der Waals surface area contributed by atoms with E-state index in [4.69, 9.17) is 28.1 Å². The molecule has 0 saturated carbocycles. The number of rotatable bonds is 7. The molecule has 0 N–H and O–H groups in total. The normalized spacial score (nSPS) is 11.2. The summed E-state index contributed by atoms with van der Waals surface area (Å²) in [7, 11) is 0. The highest BCUT2D eigenvalue weighted by Gasteiger charge is 2.23. The topological polar surface area (TPSA) is 81.0 Å². The van der Waals surface area contributed by atoms with Crippen molar-refractivity contribution in [1.82, 2.24) is 24.1 Å². The Morgan fingerprint density at radius 3 is 1.38 bits per heavy atom. The van der Waals surface area contributed by atoms with Crippen LogP contribution in [0.1, 0.15) is 5.56 Å². The van der Waals surface area contributed by atoms with Crippen molar-refractivity contribution in [3.63, 3.8) is 0 Å². The van der Waals surface area contributed by atoms with E-state index in [2.05, 4.69) is 85.6 Å². The van der Waals surface area contributed by atoms with Crippen molar-refractivity contribution in [2.75, 3.05) is 0 Å². The minimum atomic E-state index is 0.487. The van der Waals surface area contributed by atoms with Crippen molar-refractivity contribution < 1.29 is 0 Å². The van der Waals surface area contributed by atoms with Gasteiger partial charge in [-0.05, 0) is 100 Å². The molecule has 0 unspecified atom stereocenters. The molecule has 314 valence electrons. The number of benzene rings is 9. The third-order valence-electron chi connectivity index (χ3n) is 12.6. The zero-order valence-electron chi connectivity index (χ0n) is 36.2. The van der Waals surface area contributed by atoms with E-state index in [0.717, 1.165) is 93.9 Å². The predicted octanol–water partition coefficient (Wildman–Crippen LogP) is 15.4. The van der Waals surface area contributed by atoms with Gasteiger partial charge < -0.3 is 9.13 Å². The molecule has 0 aliphatic heterocycles. The maximum atomic E-state index is 9.93. The quantitative estimate of drug-likeness (QED) is 0.149. The molecule has 0 amide bonds. The first-order chi connectivity index (χ1) is 33.6. The van der Waals surface area contributed by atoms with Crippen molar-refractivity contribution in [2.24, 2.45) is 0 Å². The van der Waals surface area contributed by atoms with Crippen LogP contribution in [0.2, 0.25) is 0 Å². The molecule has 0 bridgehead atoms. The molecule has 9 aromatic carbocycles. The van der Waals surface area contributed by atoms with E-state index in [1.807, 2.05) is 146 Å². The molecular formula is C60H34N8. The summed E-state index contributed by atoms with van der Waals surface area (Å²) in [5.74, 6) is 1.57. The smallest absolute Gasteiger partial charge is 0.188 e. The van der Waals surface area contributed by atoms with E-state index >= 15 is 0 Å². The average Bonchev–Trinajstić information content (AvgIpc) is 3.92. The SMILES string of the molecule is [C-]#[N+]c1ccc2c(c1)c1ccccc1n2-c1ccc(-c2cccc(C#N)c2)cc1-c1ccc(-n2c3ccccc3c3cc([N+]#[C-])ccc32)c(-c2nc(-c3ccccc3)nc(-c3ccccc3)n2)c1. The Balaban J connectivity index is 1.19. The molecule has 3 heterocycles. The number of hydrogen-bond acceptors (Lipinski definition) is 4. The van der Waals surface area contributed by atoms with Crippen LogP contribution in [0.4, 0.5) is 11.4 Å². The first kappa shape index (κ1) is 39.6. The molecule has 12 aromatic rings. The van der Waals surface area contributed by atoms with Gasteiger partial charge in [0.05, 0.1) is 58.2 Å². The summed E-state index contributed by atoms with van der Waals surface area (Å²) in [6.45, 7) is 15.7. The van der Waals surface area contributed by atoms with Crippen molar-refractivity contribution in [1.29, 1.82) is 5.26 Å². The van der Waals surface area contributed by atoms with Crippen LogP contribution in [0.3, 0.4) is 0 Å². The van der Waals surface area contributed by atoms with Gasteiger partial charge in [0.1, 0.15) is 0 Å². The largest absolute Gasteiger partial charge is 0.309 e. The molecule has 0 atom stereocenters. The Hall–Kier alpha value is -9.94. The highest BCUT2D eigenvalue weighted by Crippen LogP contribution is 2.43. The fourth-order valence-corrected chi connectivity index (χ4v) is 9.50. The van der Waals surface area contributed by atoms with Crippen molar-refractivity contribution >= 4 is 55.0 Å². The van der Waals surface area contributed by atoms with E-state index in [1.54, 1.807) is 0 Å². The van der Waals surface area contributed by atoms with Crippen LogP contribution in [-0.4, -0.2) is 24.1 Å². The summed E-state index contributed by atoms with van der Waals surface area (Å²) in [5, 5.41) is 14.0. The van der Waals surface area contributed by atoms with E-state index in [0.29, 0.717) is 34.4 Å². The van der Waals surface area contributed by atoms with E-state index in [-0.39, 0.29) is 0 Å². The van der Waals surface area contributed by atoms with Gasteiger partial charge in [0.25, 0.3) is 0 Å². The summed E-state index contributed by atoms with van der Waals surface area (Å²) >= 11 is 0. The Kier molecular flexibility index (Phi) is 9.47. The average molecular weight is 867 g/mol. The maximum absolute atomic E-state index is 9.93. The van der Waals surface area contributed by atoms with Gasteiger partial charge in [-0.25, -0.2) is 24.6 Å². The first-order valence-electron chi connectivity index (χ1n) is 22.1. The molecule has 0 aliphatic rings. The lowest BCUT2D eigenvalue weighted by molar-refractivity contribution is 1.06. The number of para-hydroxylation sites is 2. The molecule has 68 heavy (non-hydrogen) atoms. The zero-order chi connectivity index (χ0) is 45.7. The molecule has 8 nitrogen and oxygen atoms in total. The van der Waals surface area contributed by atoms with Crippen molar-refractivity contribution in [3.8, 4) is 73.9 Å². The molecule has 0 aliphatic carbocycles. The van der Waals surface area contributed by atoms with Gasteiger partial charge in [0, 0.05) is 33.0 Å². The Labute approximate surface area is 391 Å². The Morgan fingerprint density at radius 1 is 0.368 bits per heavy atom. The van der Waals surface area contributed by atoms with Crippen LogP contribution >= 0.6 is 0 Å². The molecule has 8 heteroatoms. The number of nitriles is 1. The second kappa shape index (κ2) is 16.2. The van der Waals surface area contributed by atoms with Crippen LogP contribution in [0.15, 0.2) is 206 Å². The van der Waals surface area contributed by atoms with Gasteiger partial charge in [-0.3, -0.25) is 0 Å². The van der Waals surface area contributed by atoms with Gasteiger partial charge in [0.15, 0.2) is 28.8 Å². The Morgan fingerprint density at radius 2 is 0.824 bits per heavy atom. The lowest BCUT2D eigenvalue weighted by Crippen LogP contribution is -2.04. The van der Waals surface area contributed by atoms with Gasteiger partial charge in [0.2, 0.25) is 0 Å². The third kappa shape index (κ3) is 6.63. The Bertz CT molecular complexity index is 4070. The summed E-state index contributed by atoms with van der Waals surface area (Å²) in [6.07, 6.45) is 0. The van der Waals surface area contributed by atoms with Crippen LogP contribution in [0, 0.1) is 24.5 Å². The van der Waals surface area contributed by atoms with E-state index in [1.165, 1.54) is 0 Å². The molecule has 12 rings (SSSR count). The van der Waals surface area contributed by atoms with Crippen LogP contribution in [0.5, 0.6) is 0 Å². The molecule has 0 fully saturated rings. The van der Waals surface area contributed by atoms with Crippen molar-refractivity contribution in [2.45, 2.75) is 0 Å². The first-order valence-corrected chi connectivity index (χ1v) is 22.1. The third-order valence-corrected chi connectivity index (χ3v) is 12.6. The van der Waals surface area contributed by atoms with Crippen LogP contribution in [-0.2, 0) is 0 Å².